The highest BCUT2D eigenvalue weighted by Gasteiger charge is 2.34. The Kier molecular flexibility index (Phi) is 6.02. The number of benzene rings is 1. The van der Waals surface area contributed by atoms with Crippen molar-refractivity contribution in [2.45, 2.75) is 51.6 Å². The number of hydrogen-bond acceptors (Lipinski definition) is 3. The van der Waals surface area contributed by atoms with E-state index in [-0.39, 0.29) is 23.7 Å². The molecule has 2 heterocycles. The molecule has 2 amide bonds. The average molecular weight is 435 g/mol. The van der Waals surface area contributed by atoms with Gasteiger partial charge in [-0.15, -0.1) is 0 Å². The average Bonchev–Trinajstić information content (AvgIpc) is 3.22. The fourth-order valence-electron chi connectivity index (χ4n) is 4.80. The van der Waals surface area contributed by atoms with Crippen molar-refractivity contribution in [3.63, 3.8) is 0 Å². The monoisotopic (exact) mass is 434 g/mol. The molecule has 1 aromatic heterocycles. The van der Waals surface area contributed by atoms with Crippen molar-refractivity contribution in [1.82, 2.24) is 19.2 Å². The second-order valence-corrected chi connectivity index (χ2v) is 8.83. The van der Waals surface area contributed by atoms with Gasteiger partial charge >= 0.3 is 0 Å². The number of aromatic nitrogens is 1. The Balaban J connectivity index is 1.43. The number of halogens is 2. The number of hydrogen-bond donors (Lipinski definition) is 1. The molecule has 6 nitrogen and oxygen atoms in total. The second-order valence-electron chi connectivity index (χ2n) is 8.47. The van der Waals surface area contributed by atoms with Crippen molar-refractivity contribution in [1.29, 1.82) is 0 Å². The van der Waals surface area contributed by atoms with Crippen LogP contribution in [0.2, 0.25) is 0 Å². The van der Waals surface area contributed by atoms with Gasteiger partial charge in [0, 0.05) is 56.3 Å². The predicted molar refractivity (Wildman–Crippen MR) is 115 cm³/mol. The first-order valence-electron chi connectivity index (χ1n) is 10.6. The summed E-state index contributed by atoms with van der Waals surface area (Å²) < 4.78 is 15.4. The normalized spacial score (nSPS) is 23.0. The van der Waals surface area contributed by atoms with Crippen LogP contribution in [0.15, 0.2) is 18.2 Å². The van der Waals surface area contributed by atoms with Gasteiger partial charge < -0.3 is 9.88 Å². The van der Waals surface area contributed by atoms with Crippen LogP contribution >= 0.6 is 11.8 Å². The summed E-state index contributed by atoms with van der Waals surface area (Å²) >= 11 is 6.52. The number of nitrogens with zero attached hydrogens (tertiary/aromatic N) is 3. The number of aryl methyl sites for hydroxylation is 1. The van der Waals surface area contributed by atoms with Crippen LogP contribution in [-0.4, -0.2) is 69.3 Å². The van der Waals surface area contributed by atoms with Crippen LogP contribution in [-0.2, 0) is 4.79 Å². The molecule has 2 aliphatic rings. The van der Waals surface area contributed by atoms with Gasteiger partial charge in [-0.05, 0) is 50.3 Å². The molecule has 162 valence electrons. The Labute approximate surface area is 181 Å². The van der Waals surface area contributed by atoms with Gasteiger partial charge in [0.2, 0.25) is 5.91 Å². The van der Waals surface area contributed by atoms with E-state index < -0.39 is 0 Å². The molecular weight excluding hydrogens is 407 g/mol. The molecule has 0 unspecified atom stereocenters. The highest BCUT2D eigenvalue weighted by molar-refractivity contribution is 6.24. The van der Waals surface area contributed by atoms with Crippen molar-refractivity contribution in [2.75, 3.05) is 26.2 Å². The first-order valence-corrected chi connectivity index (χ1v) is 11.0. The maximum absolute atomic E-state index is 14.1. The Morgan fingerprint density at radius 2 is 1.93 bits per heavy atom. The van der Waals surface area contributed by atoms with E-state index in [0.717, 1.165) is 57.4 Å². The van der Waals surface area contributed by atoms with E-state index in [4.69, 9.17) is 11.8 Å². The Morgan fingerprint density at radius 3 is 2.60 bits per heavy atom. The molecule has 1 aromatic carbocycles. The molecule has 30 heavy (non-hydrogen) atoms. The lowest BCUT2D eigenvalue weighted by atomic mass is 9.89. The third-order valence-corrected chi connectivity index (χ3v) is 7.02. The largest absolute Gasteiger partial charge is 0.350 e. The van der Waals surface area contributed by atoms with Gasteiger partial charge in [-0.3, -0.25) is 14.5 Å². The fraction of sp³-hybridized carbons (Fsp3) is 0.545. The zero-order chi connectivity index (χ0) is 21.4. The van der Waals surface area contributed by atoms with Gasteiger partial charge in [-0.2, -0.15) is 0 Å². The highest BCUT2D eigenvalue weighted by Crippen LogP contribution is 2.30. The van der Waals surface area contributed by atoms with Crippen LogP contribution in [0.4, 0.5) is 4.39 Å². The van der Waals surface area contributed by atoms with Crippen LogP contribution in [0.5, 0.6) is 0 Å². The summed E-state index contributed by atoms with van der Waals surface area (Å²) in [6, 6.07) is 4.95. The first-order chi connectivity index (χ1) is 14.3. The number of carbonyl (C=O) groups excluding carboxylic acids is 2. The maximum Gasteiger partial charge on any atom is 0.284 e. The molecule has 1 saturated heterocycles. The molecule has 2 fully saturated rings. The van der Waals surface area contributed by atoms with Crippen molar-refractivity contribution in [2.24, 2.45) is 0 Å². The SMILES string of the molecule is CC(=O)N1CCN([C@H]2CCC[C@@H](N(Cl)C(=O)c3cc4c(F)ccc(C)c4[nH]3)C2)CC1. The summed E-state index contributed by atoms with van der Waals surface area (Å²) in [4.78, 5) is 31.9. The first kappa shape index (κ1) is 21.1. The minimum absolute atomic E-state index is 0.0684. The summed E-state index contributed by atoms with van der Waals surface area (Å²) in [5.74, 6) is -0.549. The molecule has 0 radical (unpaired) electrons. The molecule has 0 bridgehead atoms. The maximum atomic E-state index is 14.1. The molecule has 1 N–H and O–H groups in total. The Bertz CT molecular complexity index is 915. The molecule has 0 spiro atoms. The van der Waals surface area contributed by atoms with Crippen LogP contribution in [0, 0.1) is 12.7 Å². The molecule has 8 heteroatoms. The quantitative estimate of drug-likeness (QED) is 0.749. The lowest BCUT2D eigenvalue weighted by Gasteiger charge is -2.43. The summed E-state index contributed by atoms with van der Waals surface area (Å²) in [6.07, 6.45) is 3.74. The van der Waals surface area contributed by atoms with E-state index >= 15 is 0 Å². The molecule has 2 aromatic rings. The summed E-state index contributed by atoms with van der Waals surface area (Å²) in [5, 5.41) is 0.410. The minimum Gasteiger partial charge on any atom is -0.350 e. The molecule has 2 atom stereocenters. The summed E-state index contributed by atoms with van der Waals surface area (Å²) in [5.41, 5.74) is 1.83. The van der Waals surface area contributed by atoms with Gasteiger partial charge in [-0.1, -0.05) is 6.07 Å². The summed E-state index contributed by atoms with van der Waals surface area (Å²) in [7, 11) is 0. The number of fused-ring (bicyclic) bond motifs is 1. The van der Waals surface area contributed by atoms with Gasteiger partial charge in [0.1, 0.15) is 11.5 Å². The molecule has 1 saturated carbocycles. The number of aromatic amines is 1. The van der Waals surface area contributed by atoms with E-state index in [1.807, 2.05) is 11.8 Å². The van der Waals surface area contributed by atoms with E-state index in [9.17, 15) is 14.0 Å². The Hall–Kier alpha value is -2.12. The smallest absolute Gasteiger partial charge is 0.284 e. The predicted octanol–water partition coefficient (Wildman–Crippen LogP) is 3.69. The van der Waals surface area contributed by atoms with Crippen LogP contribution in [0.1, 0.15) is 48.7 Å². The third-order valence-electron chi connectivity index (χ3n) is 6.59. The number of piperazine rings is 1. The van der Waals surface area contributed by atoms with E-state index in [2.05, 4.69) is 9.88 Å². The highest BCUT2D eigenvalue weighted by atomic mass is 35.5. The number of carbonyl (C=O) groups is 2. The molecule has 4 rings (SSSR count). The topological polar surface area (TPSA) is 59.7 Å². The minimum atomic E-state index is -0.352. The van der Waals surface area contributed by atoms with Gasteiger partial charge in [0.15, 0.2) is 0 Å². The van der Waals surface area contributed by atoms with Crippen LogP contribution in [0.25, 0.3) is 10.9 Å². The van der Waals surface area contributed by atoms with Crippen molar-refractivity contribution >= 4 is 34.5 Å². The molecular formula is C22H28ClFN4O2. The van der Waals surface area contributed by atoms with Crippen LogP contribution in [0.3, 0.4) is 0 Å². The van der Waals surface area contributed by atoms with Crippen LogP contribution < -0.4 is 0 Å². The third kappa shape index (κ3) is 4.05. The van der Waals surface area contributed by atoms with Gasteiger partial charge in [0.25, 0.3) is 5.91 Å². The lowest BCUT2D eigenvalue weighted by Crippen LogP contribution is -2.53. The van der Waals surface area contributed by atoms with Gasteiger partial charge in [0.05, 0.1) is 11.6 Å². The van der Waals surface area contributed by atoms with E-state index in [0.29, 0.717) is 22.6 Å². The van der Waals surface area contributed by atoms with Crippen molar-refractivity contribution < 1.29 is 14.0 Å². The molecule has 1 aliphatic carbocycles. The van der Waals surface area contributed by atoms with E-state index in [1.165, 1.54) is 10.5 Å². The van der Waals surface area contributed by atoms with Gasteiger partial charge in [-0.25, -0.2) is 8.81 Å². The fourth-order valence-corrected chi connectivity index (χ4v) is 5.07. The summed E-state index contributed by atoms with van der Waals surface area (Å²) in [6.45, 7) is 6.70. The van der Waals surface area contributed by atoms with Crippen molar-refractivity contribution in [3.05, 3.63) is 35.3 Å². The zero-order valence-electron chi connectivity index (χ0n) is 17.5. The number of H-pyrrole nitrogens is 1. The van der Waals surface area contributed by atoms with E-state index in [1.54, 1.807) is 19.1 Å². The number of amides is 2. The van der Waals surface area contributed by atoms with Crippen molar-refractivity contribution in [3.8, 4) is 0 Å². The number of nitrogens with one attached hydrogen (secondary N) is 1. The lowest BCUT2D eigenvalue weighted by molar-refractivity contribution is -0.131. The molecule has 1 aliphatic heterocycles. The number of rotatable bonds is 3. The zero-order valence-corrected chi connectivity index (χ0v) is 18.2. The Morgan fingerprint density at radius 1 is 1.20 bits per heavy atom. The standard InChI is InChI=1S/C22H28ClFN4O2/c1-14-6-7-19(24)18-13-20(25-21(14)18)22(30)28(23)17-5-3-4-16(12-17)27-10-8-26(9-11-27)15(2)29/h6-7,13,16-17,25H,3-5,8-12H2,1-2H3/t16-,17+/m0/s1. The second kappa shape index (κ2) is 8.55.